The van der Waals surface area contributed by atoms with Crippen molar-refractivity contribution in [2.45, 2.75) is 25.4 Å². The SMILES string of the molecule is COCC(NCc1cc(Br)ccc1F)C1CC1. The lowest BCUT2D eigenvalue weighted by Gasteiger charge is -2.17. The molecule has 0 aliphatic heterocycles. The molecular weight excluding hydrogens is 285 g/mol. The Morgan fingerprint density at radius 1 is 1.53 bits per heavy atom. The van der Waals surface area contributed by atoms with Gasteiger partial charge in [-0.25, -0.2) is 4.39 Å². The number of methoxy groups -OCH3 is 1. The van der Waals surface area contributed by atoms with Crippen molar-refractivity contribution in [3.05, 3.63) is 34.1 Å². The summed E-state index contributed by atoms with van der Waals surface area (Å²) in [4.78, 5) is 0. The summed E-state index contributed by atoms with van der Waals surface area (Å²) in [6.45, 7) is 1.25. The Labute approximate surface area is 110 Å². The first kappa shape index (κ1) is 13.0. The molecule has 0 saturated heterocycles. The maximum absolute atomic E-state index is 13.5. The predicted octanol–water partition coefficient (Wildman–Crippen LogP) is 3.10. The van der Waals surface area contributed by atoms with E-state index >= 15 is 0 Å². The fourth-order valence-electron chi connectivity index (χ4n) is 1.96. The number of ether oxygens (including phenoxy) is 1. The van der Waals surface area contributed by atoms with Gasteiger partial charge in [0.2, 0.25) is 0 Å². The van der Waals surface area contributed by atoms with Gasteiger partial charge in [0, 0.05) is 29.7 Å². The van der Waals surface area contributed by atoms with Crippen molar-refractivity contribution >= 4 is 15.9 Å². The maximum Gasteiger partial charge on any atom is 0.127 e. The van der Waals surface area contributed by atoms with Crippen molar-refractivity contribution in [2.24, 2.45) is 5.92 Å². The van der Waals surface area contributed by atoms with E-state index < -0.39 is 0 Å². The fourth-order valence-corrected chi connectivity index (χ4v) is 2.37. The molecule has 2 rings (SSSR count). The molecule has 1 aromatic rings. The Morgan fingerprint density at radius 3 is 2.94 bits per heavy atom. The van der Waals surface area contributed by atoms with Crippen LogP contribution in [0.4, 0.5) is 4.39 Å². The molecule has 1 aromatic carbocycles. The van der Waals surface area contributed by atoms with Gasteiger partial charge in [0.25, 0.3) is 0 Å². The van der Waals surface area contributed by atoms with Crippen LogP contribution in [-0.4, -0.2) is 19.8 Å². The van der Waals surface area contributed by atoms with Crippen molar-refractivity contribution in [3.63, 3.8) is 0 Å². The van der Waals surface area contributed by atoms with Crippen LogP contribution in [0, 0.1) is 11.7 Å². The van der Waals surface area contributed by atoms with Crippen LogP contribution in [0.3, 0.4) is 0 Å². The van der Waals surface area contributed by atoms with Gasteiger partial charge in [0.1, 0.15) is 5.82 Å². The minimum atomic E-state index is -0.160. The summed E-state index contributed by atoms with van der Waals surface area (Å²) in [7, 11) is 1.71. The summed E-state index contributed by atoms with van der Waals surface area (Å²) in [5.41, 5.74) is 0.695. The zero-order valence-corrected chi connectivity index (χ0v) is 11.5. The lowest BCUT2D eigenvalue weighted by molar-refractivity contribution is 0.157. The normalized spacial score (nSPS) is 17.1. The molecule has 94 valence electrons. The molecule has 1 unspecified atom stereocenters. The van der Waals surface area contributed by atoms with Gasteiger partial charge in [0.05, 0.1) is 6.61 Å². The topological polar surface area (TPSA) is 21.3 Å². The molecule has 0 radical (unpaired) electrons. The first-order valence-electron chi connectivity index (χ1n) is 5.87. The molecule has 2 nitrogen and oxygen atoms in total. The maximum atomic E-state index is 13.5. The summed E-state index contributed by atoms with van der Waals surface area (Å²) < 4.78 is 19.6. The van der Waals surface area contributed by atoms with Crippen molar-refractivity contribution in [2.75, 3.05) is 13.7 Å². The van der Waals surface area contributed by atoms with Gasteiger partial charge in [-0.1, -0.05) is 15.9 Å². The van der Waals surface area contributed by atoms with E-state index in [0.717, 1.165) is 4.47 Å². The summed E-state index contributed by atoms with van der Waals surface area (Å²) in [5, 5.41) is 3.38. The van der Waals surface area contributed by atoms with Gasteiger partial charge in [-0.15, -0.1) is 0 Å². The van der Waals surface area contributed by atoms with Crippen LogP contribution in [0.25, 0.3) is 0 Å². The molecule has 0 aromatic heterocycles. The average Bonchev–Trinajstić information content (AvgIpc) is 3.12. The quantitative estimate of drug-likeness (QED) is 0.872. The van der Waals surface area contributed by atoms with Gasteiger partial charge in [0.15, 0.2) is 0 Å². The Kier molecular flexibility index (Phi) is 4.54. The van der Waals surface area contributed by atoms with E-state index in [1.807, 2.05) is 6.07 Å². The van der Waals surface area contributed by atoms with Crippen molar-refractivity contribution in [1.29, 1.82) is 0 Å². The highest BCUT2D eigenvalue weighted by atomic mass is 79.9. The average molecular weight is 302 g/mol. The molecule has 1 aliphatic rings. The summed E-state index contributed by atoms with van der Waals surface area (Å²) >= 11 is 3.36. The van der Waals surface area contributed by atoms with Crippen LogP contribution < -0.4 is 5.32 Å². The van der Waals surface area contributed by atoms with Crippen LogP contribution in [0.15, 0.2) is 22.7 Å². The predicted molar refractivity (Wildman–Crippen MR) is 69.3 cm³/mol. The highest BCUT2D eigenvalue weighted by Crippen LogP contribution is 2.33. The minimum absolute atomic E-state index is 0.160. The molecule has 1 fully saturated rings. The van der Waals surface area contributed by atoms with Crippen LogP contribution in [-0.2, 0) is 11.3 Å². The Morgan fingerprint density at radius 2 is 2.29 bits per heavy atom. The van der Waals surface area contributed by atoms with Gasteiger partial charge in [-0.2, -0.15) is 0 Å². The summed E-state index contributed by atoms with van der Waals surface area (Å²) in [6.07, 6.45) is 2.50. The van der Waals surface area contributed by atoms with E-state index in [9.17, 15) is 4.39 Å². The number of halogens is 2. The first-order valence-corrected chi connectivity index (χ1v) is 6.66. The molecule has 1 N–H and O–H groups in total. The van der Waals surface area contributed by atoms with E-state index in [1.54, 1.807) is 13.2 Å². The smallest absolute Gasteiger partial charge is 0.127 e. The highest BCUT2D eigenvalue weighted by Gasteiger charge is 2.30. The molecule has 0 heterocycles. The van der Waals surface area contributed by atoms with E-state index in [2.05, 4.69) is 21.2 Å². The number of rotatable bonds is 6. The first-order chi connectivity index (χ1) is 8.20. The van der Waals surface area contributed by atoms with Gasteiger partial charge in [-0.3, -0.25) is 0 Å². The van der Waals surface area contributed by atoms with Gasteiger partial charge < -0.3 is 10.1 Å². The third kappa shape index (κ3) is 3.76. The Balaban J connectivity index is 1.93. The second-order valence-corrected chi connectivity index (χ2v) is 5.43. The zero-order chi connectivity index (χ0) is 12.3. The second kappa shape index (κ2) is 5.94. The molecule has 0 amide bonds. The molecule has 17 heavy (non-hydrogen) atoms. The summed E-state index contributed by atoms with van der Waals surface area (Å²) in [6, 6.07) is 5.37. The van der Waals surface area contributed by atoms with Crippen LogP contribution in [0.1, 0.15) is 18.4 Å². The Hall–Kier alpha value is -0.450. The zero-order valence-electron chi connectivity index (χ0n) is 9.88. The number of benzene rings is 1. The van der Waals surface area contributed by atoms with Gasteiger partial charge >= 0.3 is 0 Å². The number of nitrogens with one attached hydrogen (secondary N) is 1. The van der Waals surface area contributed by atoms with Crippen LogP contribution >= 0.6 is 15.9 Å². The lowest BCUT2D eigenvalue weighted by atomic mass is 10.1. The number of hydrogen-bond donors (Lipinski definition) is 1. The van der Waals surface area contributed by atoms with Crippen molar-refractivity contribution < 1.29 is 9.13 Å². The van der Waals surface area contributed by atoms with Crippen LogP contribution in [0.2, 0.25) is 0 Å². The third-order valence-corrected chi connectivity index (χ3v) is 3.59. The van der Waals surface area contributed by atoms with E-state index in [4.69, 9.17) is 4.74 Å². The molecule has 4 heteroatoms. The largest absolute Gasteiger partial charge is 0.383 e. The minimum Gasteiger partial charge on any atom is -0.383 e. The van der Waals surface area contributed by atoms with E-state index in [0.29, 0.717) is 30.7 Å². The van der Waals surface area contributed by atoms with Gasteiger partial charge in [-0.05, 0) is 37.0 Å². The fraction of sp³-hybridized carbons (Fsp3) is 0.538. The monoisotopic (exact) mass is 301 g/mol. The molecular formula is C13H17BrFNO. The second-order valence-electron chi connectivity index (χ2n) is 4.52. The molecule has 0 spiro atoms. The third-order valence-electron chi connectivity index (χ3n) is 3.10. The number of hydrogen-bond acceptors (Lipinski definition) is 2. The molecule has 0 bridgehead atoms. The van der Waals surface area contributed by atoms with Crippen LogP contribution in [0.5, 0.6) is 0 Å². The van der Waals surface area contributed by atoms with E-state index in [-0.39, 0.29) is 5.82 Å². The van der Waals surface area contributed by atoms with E-state index in [1.165, 1.54) is 18.9 Å². The standard InChI is InChI=1S/C13H17BrFNO/c1-17-8-13(9-2-3-9)16-7-10-6-11(14)4-5-12(10)15/h4-6,9,13,16H,2-3,7-8H2,1H3. The highest BCUT2D eigenvalue weighted by molar-refractivity contribution is 9.10. The molecule has 1 aliphatic carbocycles. The Bertz CT molecular complexity index is 382. The summed E-state index contributed by atoms with van der Waals surface area (Å²) in [5.74, 6) is 0.540. The lowest BCUT2D eigenvalue weighted by Crippen LogP contribution is -2.34. The molecule has 1 atom stereocenters. The molecule has 1 saturated carbocycles. The van der Waals surface area contributed by atoms with Crippen molar-refractivity contribution in [1.82, 2.24) is 5.32 Å². The van der Waals surface area contributed by atoms with Crippen molar-refractivity contribution in [3.8, 4) is 0 Å².